The standard InChI is InChI=1S/C23H24ClNO4S2/c1-3-25-22(26)21(31-23(25)30)15-16-6-11-19(20(14-16)27-4-2)29-13-5-12-28-18-9-7-17(24)8-10-18/h6-11,14-15H,3-5,12-13H2,1-2H3/b21-15+. The van der Waals surface area contributed by atoms with Gasteiger partial charge in [0.25, 0.3) is 5.91 Å². The molecule has 1 saturated heterocycles. The maximum atomic E-state index is 12.4. The van der Waals surface area contributed by atoms with Crippen LogP contribution in [0.25, 0.3) is 6.08 Å². The minimum absolute atomic E-state index is 0.0588. The molecule has 0 atom stereocenters. The normalized spacial score (nSPS) is 14.9. The van der Waals surface area contributed by atoms with Gasteiger partial charge in [0.05, 0.1) is 24.7 Å². The highest BCUT2D eigenvalue weighted by Crippen LogP contribution is 2.34. The molecule has 5 nitrogen and oxygen atoms in total. The van der Waals surface area contributed by atoms with Gasteiger partial charge in [-0.05, 0) is 61.9 Å². The van der Waals surface area contributed by atoms with Crippen molar-refractivity contribution in [1.82, 2.24) is 4.90 Å². The summed E-state index contributed by atoms with van der Waals surface area (Å²) >= 11 is 12.5. The zero-order valence-electron chi connectivity index (χ0n) is 17.4. The predicted octanol–water partition coefficient (Wildman–Crippen LogP) is 5.81. The van der Waals surface area contributed by atoms with Gasteiger partial charge in [-0.2, -0.15) is 0 Å². The van der Waals surface area contributed by atoms with Gasteiger partial charge in [0.1, 0.15) is 10.1 Å². The van der Waals surface area contributed by atoms with Crippen LogP contribution in [-0.2, 0) is 4.79 Å². The highest BCUT2D eigenvalue weighted by Gasteiger charge is 2.30. The van der Waals surface area contributed by atoms with E-state index in [0.29, 0.717) is 52.1 Å². The van der Waals surface area contributed by atoms with Crippen LogP contribution in [0.4, 0.5) is 0 Å². The number of amides is 1. The van der Waals surface area contributed by atoms with E-state index in [4.69, 9.17) is 38.0 Å². The molecule has 0 spiro atoms. The fourth-order valence-electron chi connectivity index (χ4n) is 2.89. The summed E-state index contributed by atoms with van der Waals surface area (Å²) in [6.45, 7) is 5.93. The third-order valence-electron chi connectivity index (χ3n) is 4.38. The number of ether oxygens (including phenoxy) is 3. The lowest BCUT2D eigenvalue weighted by molar-refractivity contribution is -0.121. The molecule has 1 fully saturated rings. The van der Waals surface area contributed by atoms with E-state index in [1.54, 1.807) is 17.0 Å². The molecule has 1 heterocycles. The lowest BCUT2D eigenvalue weighted by atomic mass is 10.2. The van der Waals surface area contributed by atoms with E-state index in [1.165, 1.54) is 11.8 Å². The summed E-state index contributed by atoms with van der Waals surface area (Å²) in [5.41, 5.74) is 0.860. The van der Waals surface area contributed by atoms with Gasteiger partial charge >= 0.3 is 0 Å². The monoisotopic (exact) mass is 477 g/mol. The van der Waals surface area contributed by atoms with E-state index in [1.807, 2.05) is 50.3 Å². The average Bonchev–Trinajstić information content (AvgIpc) is 3.03. The van der Waals surface area contributed by atoms with Crippen LogP contribution >= 0.6 is 35.6 Å². The summed E-state index contributed by atoms with van der Waals surface area (Å²) in [4.78, 5) is 14.6. The lowest BCUT2D eigenvalue weighted by Gasteiger charge is -2.13. The number of nitrogens with zero attached hydrogens (tertiary/aromatic N) is 1. The molecule has 0 bridgehead atoms. The van der Waals surface area contributed by atoms with Crippen molar-refractivity contribution in [3.8, 4) is 17.2 Å². The third kappa shape index (κ3) is 6.38. The largest absolute Gasteiger partial charge is 0.493 e. The smallest absolute Gasteiger partial charge is 0.266 e. The summed E-state index contributed by atoms with van der Waals surface area (Å²) in [5, 5.41) is 0.680. The number of rotatable bonds is 10. The predicted molar refractivity (Wildman–Crippen MR) is 130 cm³/mol. The van der Waals surface area contributed by atoms with Crippen LogP contribution in [0.2, 0.25) is 5.02 Å². The van der Waals surface area contributed by atoms with Crippen molar-refractivity contribution in [2.75, 3.05) is 26.4 Å². The van der Waals surface area contributed by atoms with E-state index >= 15 is 0 Å². The van der Waals surface area contributed by atoms with Gasteiger partial charge in [0.2, 0.25) is 0 Å². The summed E-state index contributed by atoms with van der Waals surface area (Å²) in [6, 6.07) is 12.9. The second-order valence-corrected chi connectivity index (χ2v) is 8.68. The first kappa shape index (κ1) is 23.4. The van der Waals surface area contributed by atoms with Crippen LogP contribution in [0, 0.1) is 0 Å². The second kappa shape index (κ2) is 11.4. The van der Waals surface area contributed by atoms with Crippen molar-refractivity contribution in [2.45, 2.75) is 20.3 Å². The van der Waals surface area contributed by atoms with Crippen LogP contribution in [0.3, 0.4) is 0 Å². The Balaban J connectivity index is 1.58. The van der Waals surface area contributed by atoms with Crippen LogP contribution < -0.4 is 14.2 Å². The molecule has 1 aliphatic rings. The zero-order valence-corrected chi connectivity index (χ0v) is 19.8. The van der Waals surface area contributed by atoms with Crippen LogP contribution in [0.5, 0.6) is 17.2 Å². The second-order valence-electron chi connectivity index (χ2n) is 6.57. The van der Waals surface area contributed by atoms with Crippen molar-refractivity contribution in [3.63, 3.8) is 0 Å². The van der Waals surface area contributed by atoms with Gasteiger partial charge in [-0.15, -0.1) is 0 Å². The quantitative estimate of drug-likeness (QED) is 0.244. The highest BCUT2D eigenvalue weighted by molar-refractivity contribution is 8.26. The van der Waals surface area contributed by atoms with Crippen molar-refractivity contribution in [1.29, 1.82) is 0 Å². The summed E-state index contributed by atoms with van der Waals surface area (Å²) in [5.74, 6) is 2.01. The first-order valence-electron chi connectivity index (χ1n) is 10.0. The number of carbonyl (C=O) groups is 1. The Labute approximate surface area is 197 Å². The highest BCUT2D eigenvalue weighted by atomic mass is 35.5. The van der Waals surface area contributed by atoms with E-state index in [-0.39, 0.29) is 5.91 Å². The van der Waals surface area contributed by atoms with Crippen LogP contribution in [0.15, 0.2) is 47.4 Å². The van der Waals surface area contributed by atoms with Crippen molar-refractivity contribution in [3.05, 3.63) is 58.0 Å². The van der Waals surface area contributed by atoms with Crippen LogP contribution in [0.1, 0.15) is 25.8 Å². The number of thioether (sulfide) groups is 1. The lowest BCUT2D eigenvalue weighted by Crippen LogP contribution is -2.27. The molecule has 164 valence electrons. The molecule has 0 aromatic heterocycles. The van der Waals surface area contributed by atoms with E-state index < -0.39 is 0 Å². The number of hydrogen-bond donors (Lipinski definition) is 0. The zero-order chi connectivity index (χ0) is 22.2. The molecule has 31 heavy (non-hydrogen) atoms. The first-order valence-corrected chi connectivity index (χ1v) is 11.7. The van der Waals surface area contributed by atoms with Gasteiger partial charge in [-0.25, -0.2) is 0 Å². The Morgan fingerprint density at radius 2 is 1.77 bits per heavy atom. The number of benzene rings is 2. The maximum absolute atomic E-state index is 12.4. The molecular formula is C23H24ClNO4S2. The molecule has 2 aromatic rings. The molecule has 0 saturated carbocycles. The molecule has 8 heteroatoms. The minimum Gasteiger partial charge on any atom is -0.493 e. The van der Waals surface area contributed by atoms with Crippen molar-refractivity contribution >= 4 is 51.9 Å². The molecule has 2 aromatic carbocycles. The minimum atomic E-state index is -0.0588. The summed E-state index contributed by atoms with van der Waals surface area (Å²) < 4.78 is 17.9. The number of likely N-dealkylation sites (N-methyl/N-ethyl adjacent to an activating group) is 1. The molecule has 0 unspecified atom stereocenters. The molecular weight excluding hydrogens is 454 g/mol. The van der Waals surface area contributed by atoms with Gasteiger partial charge in [0.15, 0.2) is 11.5 Å². The molecule has 0 aliphatic carbocycles. The molecule has 1 amide bonds. The molecule has 3 rings (SSSR count). The Morgan fingerprint density at radius 1 is 1.03 bits per heavy atom. The van der Waals surface area contributed by atoms with Crippen molar-refractivity contribution < 1.29 is 19.0 Å². The Morgan fingerprint density at radius 3 is 2.45 bits per heavy atom. The van der Waals surface area contributed by atoms with Crippen molar-refractivity contribution in [2.24, 2.45) is 0 Å². The number of hydrogen-bond acceptors (Lipinski definition) is 6. The summed E-state index contributed by atoms with van der Waals surface area (Å²) in [7, 11) is 0. The van der Waals surface area contributed by atoms with Gasteiger partial charge in [-0.1, -0.05) is 41.6 Å². The Hall–Kier alpha value is -2.22. The maximum Gasteiger partial charge on any atom is 0.266 e. The van der Waals surface area contributed by atoms with Gasteiger partial charge in [-0.3, -0.25) is 9.69 Å². The molecule has 0 radical (unpaired) electrons. The molecule has 0 N–H and O–H groups in total. The van der Waals surface area contributed by atoms with E-state index in [2.05, 4.69) is 0 Å². The summed E-state index contributed by atoms with van der Waals surface area (Å²) in [6.07, 6.45) is 2.55. The average molecular weight is 478 g/mol. The van der Waals surface area contributed by atoms with E-state index in [0.717, 1.165) is 17.7 Å². The fourth-order valence-corrected chi connectivity index (χ4v) is 4.40. The van der Waals surface area contributed by atoms with Crippen LogP contribution in [-0.4, -0.2) is 41.5 Å². The number of thiocarbonyl (C=S) groups is 1. The first-order chi connectivity index (χ1) is 15.0. The van der Waals surface area contributed by atoms with Gasteiger partial charge in [0, 0.05) is 18.0 Å². The Bertz CT molecular complexity index is 963. The van der Waals surface area contributed by atoms with Gasteiger partial charge < -0.3 is 14.2 Å². The third-order valence-corrected chi connectivity index (χ3v) is 6.01. The molecule has 1 aliphatic heterocycles. The number of carbonyl (C=O) groups excluding carboxylic acids is 1. The van der Waals surface area contributed by atoms with E-state index in [9.17, 15) is 4.79 Å². The Kier molecular flexibility index (Phi) is 8.63. The topological polar surface area (TPSA) is 48.0 Å². The fraction of sp³-hybridized carbons (Fsp3) is 0.304. The number of halogens is 1. The SMILES string of the molecule is CCOc1cc(/C=C2/SC(=S)N(CC)C2=O)ccc1OCCCOc1ccc(Cl)cc1.